The molecule has 0 bridgehead atoms. The van der Waals surface area contributed by atoms with Gasteiger partial charge in [-0.2, -0.15) is 0 Å². The molecule has 1 amide bonds. The molecule has 1 aliphatic heterocycles. The Morgan fingerprint density at radius 3 is 2.47 bits per heavy atom. The number of piperidine rings is 1. The van der Waals surface area contributed by atoms with Crippen LogP contribution in [0.1, 0.15) is 12.8 Å². The lowest BCUT2D eigenvalue weighted by atomic mass is 9.98. The van der Waals surface area contributed by atoms with Gasteiger partial charge in [0, 0.05) is 26.8 Å². The Hall–Kier alpha value is -0.660. The quantitative estimate of drug-likeness (QED) is 0.721. The zero-order valence-corrected chi connectivity index (χ0v) is 11.1. The number of sulfonamides is 1. The van der Waals surface area contributed by atoms with Crippen LogP contribution in [0.5, 0.6) is 0 Å². The average Bonchev–Trinajstić information content (AvgIpc) is 2.30. The third-order valence-electron chi connectivity index (χ3n) is 2.99. The number of hydrogen-bond acceptors (Lipinski definition) is 4. The summed E-state index contributed by atoms with van der Waals surface area (Å²) < 4.78 is 29.7. The van der Waals surface area contributed by atoms with E-state index in [0.29, 0.717) is 25.6 Å². The predicted octanol–water partition coefficient (Wildman–Crippen LogP) is -0.579. The molecule has 0 unspecified atom stereocenters. The first-order valence-electron chi connectivity index (χ1n) is 5.66. The maximum absolute atomic E-state index is 11.7. The van der Waals surface area contributed by atoms with Crippen molar-refractivity contribution in [1.29, 1.82) is 0 Å². The molecule has 1 heterocycles. The molecule has 0 radical (unpaired) electrons. The Kier molecular flexibility index (Phi) is 5.35. The van der Waals surface area contributed by atoms with Gasteiger partial charge in [-0.15, -0.1) is 0 Å². The lowest BCUT2D eigenvalue weighted by molar-refractivity contribution is -0.130. The van der Waals surface area contributed by atoms with E-state index < -0.39 is 15.8 Å². The molecule has 1 rings (SSSR count). The molecular weight excluding hydrogens is 244 g/mol. The first kappa shape index (κ1) is 14.4. The molecule has 1 saturated heterocycles. The van der Waals surface area contributed by atoms with E-state index in [1.807, 2.05) is 0 Å². The summed E-state index contributed by atoms with van der Waals surface area (Å²) in [6.07, 6.45) is 1.75. The lowest BCUT2D eigenvalue weighted by Crippen LogP contribution is -2.43. The van der Waals surface area contributed by atoms with Crippen LogP contribution >= 0.6 is 0 Å². The number of methoxy groups -OCH3 is 1. The molecule has 0 atom stereocenters. The standard InChI is InChI=1S/C10H20N2O4S/c1-11-17(14,15)8-10(13)12-5-3-9(4-6-12)7-16-2/h9,11H,3-8H2,1-2H3. The Labute approximate surface area is 102 Å². The molecule has 7 heteroatoms. The Morgan fingerprint density at radius 1 is 1.41 bits per heavy atom. The summed E-state index contributed by atoms with van der Waals surface area (Å²) in [5.74, 6) is -0.307. The molecule has 1 N–H and O–H groups in total. The van der Waals surface area contributed by atoms with E-state index in [0.717, 1.165) is 12.8 Å². The van der Waals surface area contributed by atoms with Gasteiger partial charge in [0.05, 0.1) is 0 Å². The number of nitrogens with one attached hydrogen (secondary N) is 1. The van der Waals surface area contributed by atoms with Crippen molar-refractivity contribution in [2.75, 3.05) is 39.6 Å². The highest BCUT2D eigenvalue weighted by atomic mass is 32.2. The van der Waals surface area contributed by atoms with Crippen LogP contribution in [0.15, 0.2) is 0 Å². The fourth-order valence-corrected chi connectivity index (χ4v) is 2.56. The van der Waals surface area contributed by atoms with Crippen LogP contribution in [-0.2, 0) is 19.6 Å². The fourth-order valence-electron chi connectivity index (χ4n) is 1.91. The second kappa shape index (κ2) is 6.32. The molecule has 1 fully saturated rings. The van der Waals surface area contributed by atoms with Crippen LogP contribution in [0.4, 0.5) is 0 Å². The molecule has 1 aliphatic rings. The number of ether oxygens (including phenoxy) is 1. The van der Waals surface area contributed by atoms with Gasteiger partial charge in [0.2, 0.25) is 15.9 Å². The van der Waals surface area contributed by atoms with Crippen molar-refractivity contribution < 1.29 is 17.9 Å². The minimum absolute atomic E-state index is 0.324. The summed E-state index contributed by atoms with van der Waals surface area (Å²) in [7, 11) is -0.481. The largest absolute Gasteiger partial charge is 0.384 e. The first-order chi connectivity index (χ1) is 7.98. The molecule has 0 aromatic carbocycles. The van der Waals surface area contributed by atoms with Gasteiger partial charge >= 0.3 is 0 Å². The fraction of sp³-hybridized carbons (Fsp3) is 0.900. The first-order valence-corrected chi connectivity index (χ1v) is 7.31. The number of amides is 1. The summed E-state index contributed by atoms with van der Waals surface area (Å²) in [6.45, 7) is 1.94. The second-order valence-electron chi connectivity index (χ2n) is 4.24. The third-order valence-corrected chi connectivity index (χ3v) is 4.24. The molecular formula is C10H20N2O4S. The van der Waals surface area contributed by atoms with Crippen molar-refractivity contribution in [2.45, 2.75) is 12.8 Å². The highest BCUT2D eigenvalue weighted by Gasteiger charge is 2.25. The molecule has 0 aliphatic carbocycles. The van der Waals surface area contributed by atoms with Crippen LogP contribution in [0, 0.1) is 5.92 Å². The maximum atomic E-state index is 11.7. The van der Waals surface area contributed by atoms with Gasteiger partial charge in [-0.1, -0.05) is 0 Å². The van der Waals surface area contributed by atoms with Gasteiger partial charge < -0.3 is 9.64 Å². The predicted molar refractivity (Wildman–Crippen MR) is 64.0 cm³/mol. The van der Waals surface area contributed by atoms with Gasteiger partial charge in [0.25, 0.3) is 0 Å². The summed E-state index contributed by atoms with van der Waals surface area (Å²) in [5, 5.41) is 0. The SMILES string of the molecule is CNS(=O)(=O)CC(=O)N1CCC(COC)CC1. The molecule has 0 aromatic rings. The van der Waals surface area contributed by atoms with Crippen molar-refractivity contribution in [1.82, 2.24) is 9.62 Å². The Bertz CT molecular complexity index is 347. The Morgan fingerprint density at radius 2 is 2.00 bits per heavy atom. The summed E-state index contributed by atoms with van der Waals surface area (Å²) in [4.78, 5) is 13.3. The molecule has 100 valence electrons. The average molecular weight is 264 g/mol. The van der Waals surface area contributed by atoms with Gasteiger partial charge in [0.1, 0.15) is 5.75 Å². The zero-order chi connectivity index (χ0) is 12.9. The number of hydrogen-bond donors (Lipinski definition) is 1. The lowest BCUT2D eigenvalue weighted by Gasteiger charge is -2.31. The number of carbonyl (C=O) groups is 1. The van der Waals surface area contributed by atoms with Crippen LogP contribution in [-0.4, -0.2) is 58.8 Å². The summed E-state index contributed by atoms with van der Waals surface area (Å²) in [6, 6.07) is 0. The highest BCUT2D eigenvalue weighted by Crippen LogP contribution is 2.17. The number of nitrogens with zero attached hydrogens (tertiary/aromatic N) is 1. The number of likely N-dealkylation sites (tertiary alicyclic amines) is 1. The second-order valence-corrected chi connectivity index (χ2v) is 6.17. The van der Waals surface area contributed by atoms with Gasteiger partial charge in [-0.05, 0) is 25.8 Å². The molecule has 0 saturated carbocycles. The van der Waals surface area contributed by atoms with Crippen LogP contribution < -0.4 is 4.72 Å². The van der Waals surface area contributed by atoms with Crippen LogP contribution in [0.3, 0.4) is 0 Å². The van der Waals surface area contributed by atoms with Crippen molar-refractivity contribution in [3.05, 3.63) is 0 Å². The van der Waals surface area contributed by atoms with Crippen LogP contribution in [0.25, 0.3) is 0 Å². The van der Waals surface area contributed by atoms with Crippen LogP contribution in [0.2, 0.25) is 0 Å². The minimum atomic E-state index is -3.46. The number of rotatable bonds is 5. The zero-order valence-electron chi connectivity index (χ0n) is 10.3. The van der Waals surface area contributed by atoms with E-state index in [9.17, 15) is 13.2 Å². The van der Waals surface area contributed by atoms with Gasteiger partial charge in [-0.25, -0.2) is 13.1 Å². The molecule has 6 nitrogen and oxygen atoms in total. The van der Waals surface area contributed by atoms with Gasteiger partial charge in [0.15, 0.2) is 0 Å². The molecule has 0 spiro atoms. The van der Waals surface area contributed by atoms with Crippen molar-refractivity contribution in [3.63, 3.8) is 0 Å². The summed E-state index contributed by atoms with van der Waals surface area (Å²) in [5.41, 5.74) is 0. The third kappa shape index (κ3) is 4.61. The van der Waals surface area contributed by atoms with Gasteiger partial charge in [-0.3, -0.25) is 4.79 Å². The number of carbonyl (C=O) groups excluding carboxylic acids is 1. The maximum Gasteiger partial charge on any atom is 0.239 e. The summed E-state index contributed by atoms with van der Waals surface area (Å²) >= 11 is 0. The Balaban J connectivity index is 2.41. The topological polar surface area (TPSA) is 75.7 Å². The van der Waals surface area contributed by atoms with E-state index in [-0.39, 0.29) is 5.91 Å². The minimum Gasteiger partial charge on any atom is -0.384 e. The van der Waals surface area contributed by atoms with E-state index in [4.69, 9.17) is 4.74 Å². The molecule has 17 heavy (non-hydrogen) atoms. The normalized spacial score (nSPS) is 18.4. The van der Waals surface area contributed by atoms with E-state index >= 15 is 0 Å². The van der Waals surface area contributed by atoms with E-state index in [1.54, 1.807) is 12.0 Å². The smallest absolute Gasteiger partial charge is 0.239 e. The van der Waals surface area contributed by atoms with E-state index in [2.05, 4.69) is 4.72 Å². The molecule has 0 aromatic heterocycles. The van der Waals surface area contributed by atoms with Crippen molar-refractivity contribution in [3.8, 4) is 0 Å². The van der Waals surface area contributed by atoms with E-state index in [1.165, 1.54) is 7.05 Å². The van der Waals surface area contributed by atoms with Crippen molar-refractivity contribution in [2.24, 2.45) is 5.92 Å². The van der Waals surface area contributed by atoms with Crippen molar-refractivity contribution >= 4 is 15.9 Å². The monoisotopic (exact) mass is 264 g/mol. The highest BCUT2D eigenvalue weighted by molar-refractivity contribution is 7.90.